The maximum atomic E-state index is 6.17. The lowest BCUT2D eigenvalue weighted by Gasteiger charge is -2.29. The summed E-state index contributed by atoms with van der Waals surface area (Å²) in [5, 5.41) is 3.67. The van der Waals surface area contributed by atoms with E-state index in [-0.39, 0.29) is 0 Å². The van der Waals surface area contributed by atoms with Crippen LogP contribution in [0.15, 0.2) is 6.07 Å². The Hall–Kier alpha value is 0.240. The Bertz CT molecular complexity index is 369. The van der Waals surface area contributed by atoms with Crippen LogP contribution in [-0.2, 0) is 0 Å². The molecule has 1 heterocycles. The largest absolute Gasteiger partial charge is 0.307 e. The first-order valence-corrected chi connectivity index (χ1v) is 7.84. The Kier molecular flexibility index (Phi) is 4.76. The van der Waals surface area contributed by atoms with Crippen LogP contribution in [0.3, 0.4) is 0 Å². The third-order valence-electron chi connectivity index (χ3n) is 3.65. The van der Waals surface area contributed by atoms with Crippen molar-refractivity contribution in [2.24, 2.45) is 5.92 Å². The number of halogens is 2. The molecule has 0 aromatic carbocycles. The first kappa shape index (κ1) is 13.7. The lowest BCUT2D eigenvalue weighted by molar-refractivity contribution is 0.292. The Morgan fingerprint density at radius 2 is 1.94 bits per heavy atom. The molecule has 0 aliphatic heterocycles. The standard InChI is InChI=1S/C13H19Cl2NS/c1-8-3-5-10(6-4-8)16-9(2)11-7-12(14)17-13(11)15/h7-10,16H,3-6H2,1-2H3. The molecule has 2 rings (SSSR count). The van der Waals surface area contributed by atoms with Gasteiger partial charge >= 0.3 is 0 Å². The van der Waals surface area contributed by atoms with Gasteiger partial charge in [0.2, 0.25) is 0 Å². The van der Waals surface area contributed by atoms with Crippen molar-refractivity contribution in [1.82, 2.24) is 5.32 Å². The van der Waals surface area contributed by atoms with Crippen LogP contribution in [-0.4, -0.2) is 6.04 Å². The molecule has 1 atom stereocenters. The Morgan fingerprint density at radius 1 is 1.29 bits per heavy atom. The van der Waals surface area contributed by atoms with Gasteiger partial charge < -0.3 is 5.32 Å². The van der Waals surface area contributed by atoms with Crippen LogP contribution >= 0.6 is 34.5 Å². The molecule has 1 nitrogen and oxygen atoms in total. The summed E-state index contributed by atoms with van der Waals surface area (Å²) in [7, 11) is 0. The maximum Gasteiger partial charge on any atom is 0.0991 e. The fourth-order valence-corrected chi connectivity index (χ4v) is 4.16. The third-order valence-corrected chi connectivity index (χ3v) is 5.17. The second-order valence-electron chi connectivity index (χ2n) is 5.12. The summed E-state index contributed by atoms with van der Waals surface area (Å²) in [5.41, 5.74) is 1.14. The summed E-state index contributed by atoms with van der Waals surface area (Å²) in [6.07, 6.45) is 5.23. The van der Waals surface area contributed by atoms with Crippen molar-refractivity contribution in [3.8, 4) is 0 Å². The summed E-state index contributed by atoms with van der Waals surface area (Å²) >= 11 is 13.6. The molecule has 1 aromatic heterocycles. The molecule has 96 valence electrons. The van der Waals surface area contributed by atoms with Gasteiger partial charge in [-0.1, -0.05) is 30.1 Å². The van der Waals surface area contributed by atoms with Crippen molar-refractivity contribution in [3.05, 3.63) is 20.3 Å². The summed E-state index contributed by atoms with van der Waals surface area (Å²) in [5.74, 6) is 0.891. The molecule has 1 fully saturated rings. The second-order valence-corrected chi connectivity index (χ2v) is 7.41. The number of hydrogen-bond donors (Lipinski definition) is 1. The van der Waals surface area contributed by atoms with E-state index in [4.69, 9.17) is 23.2 Å². The molecule has 1 aliphatic carbocycles. The van der Waals surface area contributed by atoms with Crippen LogP contribution in [0.1, 0.15) is 51.1 Å². The summed E-state index contributed by atoms with van der Waals surface area (Å²) < 4.78 is 1.59. The Morgan fingerprint density at radius 3 is 2.47 bits per heavy atom. The van der Waals surface area contributed by atoms with Crippen molar-refractivity contribution in [1.29, 1.82) is 0 Å². The van der Waals surface area contributed by atoms with Gasteiger partial charge in [-0.05, 0) is 50.2 Å². The topological polar surface area (TPSA) is 12.0 Å². The molecule has 1 N–H and O–H groups in total. The highest BCUT2D eigenvalue weighted by Crippen LogP contribution is 2.35. The molecule has 1 saturated carbocycles. The van der Waals surface area contributed by atoms with E-state index in [1.807, 2.05) is 6.07 Å². The minimum Gasteiger partial charge on any atom is -0.307 e. The molecule has 4 heteroatoms. The van der Waals surface area contributed by atoms with Crippen LogP contribution < -0.4 is 5.32 Å². The van der Waals surface area contributed by atoms with E-state index in [1.165, 1.54) is 37.0 Å². The molecule has 0 amide bonds. The fraction of sp³-hybridized carbons (Fsp3) is 0.692. The van der Waals surface area contributed by atoms with Gasteiger partial charge in [0, 0.05) is 12.1 Å². The van der Waals surface area contributed by atoms with Crippen LogP contribution in [0.2, 0.25) is 8.67 Å². The van der Waals surface area contributed by atoms with Crippen molar-refractivity contribution >= 4 is 34.5 Å². The molecule has 1 aromatic rings. The molecule has 0 bridgehead atoms. The van der Waals surface area contributed by atoms with E-state index in [0.29, 0.717) is 12.1 Å². The minimum atomic E-state index is 0.296. The number of hydrogen-bond acceptors (Lipinski definition) is 2. The van der Waals surface area contributed by atoms with Gasteiger partial charge in [0.15, 0.2) is 0 Å². The smallest absolute Gasteiger partial charge is 0.0991 e. The summed E-state index contributed by atoms with van der Waals surface area (Å²) in [6, 6.07) is 2.91. The third kappa shape index (κ3) is 3.60. The van der Waals surface area contributed by atoms with Crippen LogP contribution in [0.25, 0.3) is 0 Å². The predicted octanol–water partition coefficient (Wildman–Crippen LogP) is 5.28. The zero-order valence-corrected chi connectivity index (χ0v) is 12.6. The van der Waals surface area contributed by atoms with Crippen LogP contribution in [0.4, 0.5) is 0 Å². The van der Waals surface area contributed by atoms with E-state index in [9.17, 15) is 0 Å². The zero-order valence-electron chi connectivity index (χ0n) is 10.3. The van der Waals surface area contributed by atoms with Gasteiger partial charge in [-0.2, -0.15) is 0 Å². The highest BCUT2D eigenvalue weighted by atomic mass is 35.5. The molecule has 0 radical (unpaired) electrons. The number of thiophene rings is 1. The molecule has 0 saturated heterocycles. The second kappa shape index (κ2) is 5.92. The van der Waals surface area contributed by atoms with Gasteiger partial charge in [0.05, 0.1) is 8.67 Å². The Balaban J connectivity index is 1.93. The maximum absolute atomic E-state index is 6.17. The van der Waals surface area contributed by atoms with Gasteiger partial charge in [-0.25, -0.2) is 0 Å². The van der Waals surface area contributed by atoms with Crippen molar-refractivity contribution < 1.29 is 0 Å². The van der Waals surface area contributed by atoms with E-state index >= 15 is 0 Å². The highest BCUT2D eigenvalue weighted by Gasteiger charge is 2.21. The van der Waals surface area contributed by atoms with Gasteiger partial charge in [0.25, 0.3) is 0 Å². The average Bonchev–Trinajstić information content (AvgIpc) is 2.61. The normalized spacial score (nSPS) is 27.1. The van der Waals surface area contributed by atoms with E-state index in [2.05, 4.69) is 19.2 Å². The molecular formula is C13H19Cl2NS. The first-order chi connectivity index (χ1) is 8.06. The fourth-order valence-electron chi connectivity index (χ4n) is 2.52. The van der Waals surface area contributed by atoms with Gasteiger partial charge in [-0.15, -0.1) is 11.3 Å². The van der Waals surface area contributed by atoms with Gasteiger partial charge in [-0.3, -0.25) is 0 Å². The summed E-state index contributed by atoms with van der Waals surface area (Å²) in [4.78, 5) is 0. The van der Waals surface area contributed by atoms with Crippen LogP contribution in [0.5, 0.6) is 0 Å². The average molecular weight is 292 g/mol. The molecule has 1 unspecified atom stereocenters. The summed E-state index contributed by atoms with van der Waals surface area (Å²) in [6.45, 7) is 4.51. The lowest BCUT2D eigenvalue weighted by Crippen LogP contribution is -2.34. The number of nitrogens with one attached hydrogen (secondary N) is 1. The first-order valence-electron chi connectivity index (χ1n) is 6.27. The van der Waals surface area contributed by atoms with Crippen molar-refractivity contribution in [3.63, 3.8) is 0 Å². The number of rotatable bonds is 3. The SMILES string of the molecule is CC1CCC(NC(C)c2cc(Cl)sc2Cl)CC1. The monoisotopic (exact) mass is 291 g/mol. The van der Waals surface area contributed by atoms with Gasteiger partial charge in [0.1, 0.15) is 0 Å². The molecular weight excluding hydrogens is 273 g/mol. The quantitative estimate of drug-likeness (QED) is 0.798. The van der Waals surface area contributed by atoms with E-state index in [0.717, 1.165) is 20.2 Å². The van der Waals surface area contributed by atoms with Crippen molar-refractivity contribution in [2.75, 3.05) is 0 Å². The minimum absolute atomic E-state index is 0.296. The molecule has 17 heavy (non-hydrogen) atoms. The van der Waals surface area contributed by atoms with E-state index in [1.54, 1.807) is 0 Å². The Labute approximate surface area is 118 Å². The predicted molar refractivity (Wildman–Crippen MR) is 77.3 cm³/mol. The zero-order chi connectivity index (χ0) is 12.4. The van der Waals surface area contributed by atoms with E-state index < -0.39 is 0 Å². The molecule has 0 spiro atoms. The lowest BCUT2D eigenvalue weighted by atomic mass is 9.87. The highest BCUT2D eigenvalue weighted by molar-refractivity contribution is 7.20. The van der Waals surface area contributed by atoms with Crippen molar-refractivity contribution in [2.45, 2.75) is 51.6 Å². The van der Waals surface area contributed by atoms with Crippen LogP contribution in [0, 0.1) is 5.92 Å². The molecule has 1 aliphatic rings.